The molecule has 2 aliphatic heterocycles. The summed E-state index contributed by atoms with van der Waals surface area (Å²) in [6.07, 6.45) is 0. The lowest BCUT2D eigenvalue weighted by Crippen LogP contribution is -2.49. The van der Waals surface area contributed by atoms with Crippen molar-refractivity contribution in [2.24, 2.45) is 0 Å². The fourth-order valence-electron chi connectivity index (χ4n) is 2.85. The Bertz CT molecular complexity index is 668. The maximum atomic E-state index is 12.9. The molecule has 1 aromatic carbocycles. The van der Waals surface area contributed by atoms with E-state index in [9.17, 15) is 9.59 Å². The van der Waals surface area contributed by atoms with Crippen LogP contribution in [0.4, 0.5) is 4.79 Å². The van der Waals surface area contributed by atoms with Gasteiger partial charge in [-0.15, -0.1) is 0 Å². The number of carbonyl (C=O) groups excluding carboxylic acids is 2. The minimum atomic E-state index is -0.461. The van der Waals surface area contributed by atoms with Crippen molar-refractivity contribution in [2.45, 2.75) is 13.0 Å². The maximum absolute atomic E-state index is 12.9. The van der Waals surface area contributed by atoms with E-state index in [2.05, 4.69) is 26.6 Å². The molecule has 0 saturated carbocycles. The predicted octanol–water partition coefficient (Wildman–Crippen LogP) is 1.94. The van der Waals surface area contributed by atoms with Gasteiger partial charge in [0.1, 0.15) is 0 Å². The molecule has 1 aromatic rings. The van der Waals surface area contributed by atoms with Crippen LogP contribution in [0.3, 0.4) is 0 Å². The van der Waals surface area contributed by atoms with Gasteiger partial charge in [0.15, 0.2) is 0 Å². The monoisotopic (exact) mass is 379 g/mol. The van der Waals surface area contributed by atoms with E-state index < -0.39 is 6.04 Å². The number of carbonyl (C=O) groups is 2. The number of allylic oxidation sites excluding steroid dienone is 1. The third kappa shape index (κ3) is 3.40. The Kier molecular flexibility index (Phi) is 4.68. The van der Waals surface area contributed by atoms with Crippen LogP contribution in [0.25, 0.3) is 0 Å². The molecule has 6 nitrogen and oxygen atoms in total. The normalized spacial score (nSPS) is 21.7. The summed E-state index contributed by atoms with van der Waals surface area (Å²) in [7, 11) is 0. The molecule has 1 saturated heterocycles. The summed E-state index contributed by atoms with van der Waals surface area (Å²) in [5.74, 6) is -0.0664. The molecular formula is C16H18BrN3O3. The highest BCUT2D eigenvalue weighted by Gasteiger charge is 2.34. The molecule has 0 spiro atoms. The highest BCUT2D eigenvalue weighted by Crippen LogP contribution is 2.29. The highest BCUT2D eigenvalue weighted by atomic mass is 79.9. The van der Waals surface area contributed by atoms with Gasteiger partial charge in [-0.25, -0.2) is 4.79 Å². The molecule has 0 radical (unpaired) electrons. The summed E-state index contributed by atoms with van der Waals surface area (Å²) in [6, 6.07) is 6.85. The average molecular weight is 380 g/mol. The molecule has 2 aliphatic rings. The second-order valence-electron chi connectivity index (χ2n) is 5.53. The Morgan fingerprint density at radius 2 is 2.09 bits per heavy atom. The first-order valence-electron chi connectivity index (χ1n) is 7.47. The lowest BCUT2D eigenvalue weighted by atomic mass is 9.94. The summed E-state index contributed by atoms with van der Waals surface area (Å²) in [4.78, 5) is 26.6. The summed E-state index contributed by atoms with van der Waals surface area (Å²) in [6.45, 7) is 3.97. The third-order valence-corrected chi connectivity index (χ3v) is 4.47. The number of rotatable bonds is 2. The quantitative estimate of drug-likeness (QED) is 0.824. The first-order valence-corrected chi connectivity index (χ1v) is 8.26. The van der Waals surface area contributed by atoms with E-state index >= 15 is 0 Å². The van der Waals surface area contributed by atoms with Crippen LogP contribution in [-0.2, 0) is 9.53 Å². The molecule has 0 bridgehead atoms. The molecule has 1 atom stereocenters. The lowest BCUT2D eigenvalue weighted by Gasteiger charge is -2.34. The summed E-state index contributed by atoms with van der Waals surface area (Å²) >= 11 is 3.44. The molecule has 0 aliphatic carbocycles. The minimum Gasteiger partial charge on any atom is -0.378 e. The number of ether oxygens (including phenoxy) is 1. The first kappa shape index (κ1) is 16.0. The van der Waals surface area contributed by atoms with Gasteiger partial charge in [0.2, 0.25) is 0 Å². The van der Waals surface area contributed by atoms with Gasteiger partial charge in [-0.1, -0.05) is 28.1 Å². The zero-order valence-electron chi connectivity index (χ0n) is 12.8. The zero-order chi connectivity index (χ0) is 16.4. The van der Waals surface area contributed by atoms with Crippen molar-refractivity contribution in [2.75, 3.05) is 26.3 Å². The number of benzene rings is 1. The van der Waals surface area contributed by atoms with Crippen LogP contribution in [0.15, 0.2) is 40.0 Å². The molecule has 0 unspecified atom stereocenters. The Balaban J connectivity index is 1.97. The number of morpholine rings is 1. The van der Waals surface area contributed by atoms with E-state index in [1.54, 1.807) is 11.8 Å². The van der Waals surface area contributed by atoms with E-state index in [1.165, 1.54) is 0 Å². The number of hydrogen-bond donors (Lipinski definition) is 2. The molecule has 7 heteroatoms. The smallest absolute Gasteiger partial charge is 0.319 e. The van der Waals surface area contributed by atoms with Crippen LogP contribution in [0.1, 0.15) is 18.5 Å². The van der Waals surface area contributed by atoms with Crippen LogP contribution in [-0.4, -0.2) is 43.1 Å². The van der Waals surface area contributed by atoms with Gasteiger partial charge in [0.25, 0.3) is 5.91 Å². The van der Waals surface area contributed by atoms with Gasteiger partial charge in [-0.05, 0) is 24.6 Å². The van der Waals surface area contributed by atoms with E-state index in [1.807, 2.05) is 24.3 Å². The molecule has 1 fully saturated rings. The van der Waals surface area contributed by atoms with Crippen LogP contribution in [0, 0.1) is 0 Å². The number of hydrogen-bond acceptors (Lipinski definition) is 3. The van der Waals surface area contributed by atoms with Gasteiger partial charge in [0, 0.05) is 23.3 Å². The topological polar surface area (TPSA) is 70.7 Å². The number of urea groups is 1. The Morgan fingerprint density at radius 1 is 1.35 bits per heavy atom. The average Bonchev–Trinajstić information content (AvgIpc) is 2.54. The van der Waals surface area contributed by atoms with Crippen molar-refractivity contribution >= 4 is 27.9 Å². The maximum Gasteiger partial charge on any atom is 0.319 e. The Labute approximate surface area is 143 Å². The van der Waals surface area contributed by atoms with E-state index in [0.29, 0.717) is 37.6 Å². The molecule has 0 aromatic heterocycles. The number of nitrogens with zero attached hydrogens (tertiary/aromatic N) is 1. The Hall–Kier alpha value is -1.86. The van der Waals surface area contributed by atoms with E-state index in [-0.39, 0.29) is 11.9 Å². The van der Waals surface area contributed by atoms with E-state index in [0.717, 1.165) is 10.0 Å². The zero-order valence-corrected chi connectivity index (χ0v) is 14.4. The summed E-state index contributed by atoms with van der Waals surface area (Å²) in [5.41, 5.74) is 2.03. The lowest BCUT2D eigenvalue weighted by molar-refractivity contribution is -0.131. The second-order valence-corrected chi connectivity index (χ2v) is 6.45. The largest absolute Gasteiger partial charge is 0.378 e. The Morgan fingerprint density at radius 3 is 2.78 bits per heavy atom. The SMILES string of the molecule is CC1=C(C(=O)N2CCOCC2)[C@H](c2cccc(Br)c2)NC(=O)N1. The van der Waals surface area contributed by atoms with Gasteiger partial charge in [-0.2, -0.15) is 0 Å². The first-order chi connectivity index (χ1) is 11.1. The van der Waals surface area contributed by atoms with Crippen LogP contribution >= 0.6 is 15.9 Å². The molecule has 122 valence electrons. The molecule has 3 amide bonds. The van der Waals surface area contributed by atoms with Crippen LogP contribution in [0.2, 0.25) is 0 Å². The molecular weight excluding hydrogens is 362 g/mol. The molecule has 2 N–H and O–H groups in total. The molecule has 3 rings (SSSR count). The molecule has 23 heavy (non-hydrogen) atoms. The van der Waals surface area contributed by atoms with Gasteiger partial charge >= 0.3 is 6.03 Å². The van der Waals surface area contributed by atoms with Crippen molar-refractivity contribution in [1.82, 2.24) is 15.5 Å². The number of amides is 3. The van der Waals surface area contributed by atoms with Crippen molar-refractivity contribution in [3.8, 4) is 0 Å². The van der Waals surface area contributed by atoms with Crippen molar-refractivity contribution in [1.29, 1.82) is 0 Å². The van der Waals surface area contributed by atoms with E-state index in [4.69, 9.17) is 4.74 Å². The third-order valence-electron chi connectivity index (χ3n) is 3.98. The fraction of sp³-hybridized carbons (Fsp3) is 0.375. The van der Waals surface area contributed by atoms with Crippen LogP contribution < -0.4 is 10.6 Å². The van der Waals surface area contributed by atoms with Gasteiger partial charge < -0.3 is 20.3 Å². The van der Waals surface area contributed by atoms with Gasteiger partial charge in [-0.3, -0.25) is 4.79 Å². The highest BCUT2D eigenvalue weighted by molar-refractivity contribution is 9.10. The predicted molar refractivity (Wildman–Crippen MR) is 88.6 cm³/mol. The van der Waals surface area contributed by atoms with Crippen molar-refractivity contribution < 1.29 is 14.3 Å². The summed E-state index contributed by atoms with van der Waals surface area (Å²) < 4.78 is 6.21. The number of nitrogens with one attached hydrogen (secondary N) is 2. The van der Waals surface area contributed by atoms with Crippen molar-refractivity contribution in [3.63, 3.8) is 0 Å². The second kappa shape index (κ2) is 6.72. The minimum absolute atomic E-state index is 0.0664. The summed E-state index contributed by atoms with van der Waals surface area (Å²) in [5, 5.41) is 5.56. The van der Waals surface area contributed by atoms with Gasteiger partial charge in [0.05, 0.1) is 24.8 Å². The molecule has 2 heterocycles. The van der Waals surface area contributed by atoms with Crippen molar-refractivity contribution in [3.05, 3.63) is 45.6 Å². The number of halogens is 1. The van der Waals surface area contributed by atoms with Crippen LogP contribution in [0.5, 0.6) is 0 Å². The standard InChI is InChI=1S/C16H18BrN3O3/c1-10-13(15(21)20-5-7-23-8-6-20)14(19-16(22)18-10)11-3-2-4-12(17)9-11/h2-4,9,14H,5-8H2,1H3,(H2,18,19,22)/t14-/m0/s1. The fourth-order valence-corrected chi connectivity index (χ4v) is 3.27.